The monoisotopic (exact) mass is 248 g/mol. The van der Waals surface area contributed by atoms with Crippen LogP contribution in [0, 0.1) is 0 Å². The van der Waals surface area contributed by atoms with Gasteiger partial charge in [0.25, 0.3) is 5.91 Å². The number of likely N-dealkylation sites (N-methyl/N-ethyl adjacent to an activating group) is 1. The number of nitrogens with one attached hydrogen (secondary N) is 1. The SMILES string of the molecule is CCC(=O)NCC1Oc2ccccc2N(C)C1=O. The minimum absolute atomic E-state index is 0.0899. The summed E-state index contributed by atoms with van der Waals surface area (Å²) in [6, 6.07) is 7.34. The van der Waals surface area contributed by atoms with Crippen molar-refractivity contribution in [3.05, 3.63) is 24.3 Å². The predicted molar refractivity (Wildman–Crippen MR) is 67.6 cm³/mol. The summed E-state index contributed by atoms with van der Waals surface area (Å²) in [7, 11) is 1.71. The number of hydrogen-bond acceptors (Lipinski definition) is 3. The summed E-state index contributed by atoms with van der Waals surface area (Å²) in [4.78, 5) is 24.8. The maximum atomic E-state index is 12.0. The highest BCUT2D eigenvalue weighted by Gasteiger charge is 2.31. The van der Waals surface area contributed by atoms with Crippen LogP contribution in [0.25, 0.3) is 0 Å². The molecule has 1 atom stereocenters. The lowest BCUT2D eigenvalue weighted by Crippen LogP contribution is -2.49. The molecule has 1 aliphatic rings. The fourth-order valence-electron chi connectivity index (χ4n) is 1.83. The Morgan fingerprint density at radius 2 is 2.17 bits per heavy atom. The molecule has 1 aromatic carbocycles. The van der Waals surface area contributed by atoms with Crippen molar-refractivity contribution in [2.75, 3.05) is 18.5 Å². The summed E-state index contributed by atoms with van der Waals surface area (Å²) in [5.41, 5.74) is 0.751. The fourth-order valence-corrected chi connectivity index (χ4v) is 1.83. The van der Waals surface area contributed by atoms with Gasteiger partial charge in [-0.25, -0.2) is 0 Å². The second-order valence-corrected chi connectivity index (χ2v) is 4.13. The number of ether oxygens (including phenoxy) is 1. The lowest BCUT2D eigenvalue weighted by atomic mass is 10.2. The zero-order chi connectivity index (χ0) is 13.1. The number of carbonyl (C=O) groups excluding carboxylic acids is 2. The van der Waals surface area contributed by atoms with Gasteiger partial charge in [-0.05, 0) is 12.1 Å². The number of hydrogen-bond donors (Lipinski definition) is 1. The van der Waals surface area contributed by atoms with Crippen molar-refractivity contribution >= 4 is 17.5 Å². The van der Waals surface area contributed by atoms with E-state index in [-0.39, 0.29) is 18.4 Å². The van der Waals surface area contributed by atoms with Crippen molar-refractivity contribution in [1.82, 2.24) is 5.32 Å². The Hall–Kier alpha value is -2.04. The van der Waals surface area contributed by atoms with Gasteiger partial charge < -0.3 is 15.0 Å². The Labute approximate surface area is 106 Å². The molecule has 1 heterocycles. The molecule has 0 spiro atoms. The third-order valence-electron chi connectivity index (χ3n) is 2.91. The molecule has 2 rings (SSSR count). The Morgan fingerprint density at radius 1 is 1.44 bits per heavy atom. The van der Waals surface area contributed by atoms with Crippen molar-refractivity contribution in [3.63, 3.8) is 0 Å². The van der Waals surface area contributed by atoms with Gasteiger partial charge in [0.2, 0.25) is 5.91 Å². The molecule has 96 valence electrons. The summed E-state index contributed by atoms with van der Waals surface area (Å²) in [5, 5.41) is 2.67. The molecule has 1 aliphatic heterocycles. The standard InChI is InChI=1S/C13H16N2O3/c1-3-12(16)14-8-11-13(17)15(2)9-6-4-5-7-10(9)18-11/h4-7,11H,3,8H2,1-2H3,(H,14,16). The first kappa shape index (κ1) is 12.4. The molecule has 2 amide bonds. The summed E-state index contributed by atoms with van der Waals surface area (Å²) >= 11 is 0. The van der Waals surface area contributed by atoms with E-state index in [1.807, 2.05) is 24.3 Å². The molecule has 0 bridgehead atoms. The van der Waals surface area contributed by atoms with Crippen LogP contribution in [0.15, 0.2) is 24.3 Å². The van der Waals surface area contributed by atoms with Gasteiger partial charge in [0.1, 0.15) is 5.75 Å². The van der Waals surface area contributed by atoms with E-state index >= 15 is 0 Å². The smallest absolute Gasteiger partial charge is 0.269 e. The highest BCUT2D eigenvalue weighted by Crippen LogP contribution is 2.32. The van der Waals surface area contributed by atoms with Gasteiger partial charge in [-0.1, -0.05) is 19.1 Å². The number of rotatable bonds is 3. The van der Waals surface area contributed by atoms with E-state index < -0.39 is 6.10 Å². The van der Waals surface area contributed by atoms with E-state index in [4.69, 9.17) is 4.74 Å². The minimum atomic E-state index is -0.652. The summed E-state index contributed by atoms with van der Waals surface area (Å²) in [6.07, 6.45) is -0.256. The van der Waals surface area contributed by atoms with Gasteiger partial charge in [0.15, 0.2) is 6.10 Å². The summed E-state index contributed by atoms with van der Waals surface area (Å²) in [5.74, 6) is 0.424. The third-order valence-corrected chi connectivity index (χ3v) is 2.91. The topological polar surface area (TPSA) is 58.6 Å². The first-order chi connectivity index (χ1) is 8.63. The van der Waals surface area contributed by atoms with Crippen LogP contribution in [0.1, 0.15) is 13.3 Å². The lowest BCUT2D eigenvalue weighted by molar-refractivity contribution is -0.126. The van der Waals surface area contributed by atoms with E-state index in [1.165, 1.54) is 0 Å². The van der Waals surface area contributed by atoms with Crippen molar-refractivity contribution in [2.24, 2.45) is 0 Å². The molecule has 0 saturated carbocycles. The molecule has 0 aromatic heterocycles. The van der Waals surface area contributed by atoms with Crippen molar-refractivity contribution in [2.45, 2.75) is 19.4 Å². The van der Waals surface area contributed by atoms with Crippen LogP contribution in [-0.2, 0) is 9.59 Å². The third kappa shape index (κ3) is 2.30. The van der Waals surface area contributed by atoms with Gasteiger partial charge in [0, 0.05) is 13.5 Å². The summed E-state index contributed by atoms with van der Waals surface area (Å²) in [6.45, 7) is 1.96. The van der Waals surface area contributed by atoms with E-state index in [1.54, 1.807) is 18.9 Å². The molecule has 0 aliphatic carbocycles. The van der Waals surface area contributed by atoms with Gasteiger partial charge in [-0.3, -0.25) is 9.59 Å². The fraction of sp³-hybridized carbons (Fsp3) is 0.385. The quantitative estimate of drug-likeness (QED) is 0.866. The van der Waals surface area contributed by atoms with Crippen molar-refractivity contribution < 1.29 is 14.3 Å². The van der Waals surface area contributed by atoms with Gasteiger partial charge in [-0.2, -0.15) is 0 Å². The van der Waals surface area contributed by atoms with Gasteiger partial charge in [-0.15, -0.1) is 0 Å². The highest BCUT2D eigenvalue weighted by atomic mass is 16.5. The number of anilines is 1. The molecular formula is C13H16N2O3. The van der Waals surface area contributed by atoms with E-state index in [0.717, 1.165) is 5.69 Å². The van der Waals surface area contributed by atoms with Crippen molar-refractivity contribution in [3.8, 4) is 5.75 Å². The molecule has 0 radical (unpaired) electrons. The molecule has 1 unspecified atom stereocenters. The average molecular weight is 248 g/mol. The maximum Gasteiger partial charge on any atom is 0.269 e. The molecule has 18 heavy (non-hydrogen) atoms. The van der Waals surface area contributed by atoms with Crippen LogP contribution >= 0.6 is 0 Å². The van der Waals surface area contributed by atoms with Crippen LogP contribution in [-0.4, -0.2) is 31.5 Å². The number of benzene rings is 1. The second-order valence-electron chi connectivity index (χ2n) is 4.13. The maximum absolute atomic E-state index is 12.0. The van der Waals surface area contributed by atoms with Crippen LogP contribution in [0.5, 0.6) is 5.75 Å². The Kier molecular flexibility index (Phi) is 3.50. The van der Waals surface area contributed by atoms with Crippen LogP contribution in [0.3, 0.4) is 0 Å². The number of carbonyl (C=O) groups is 2. The van der Waals surface area contributed by atoms with Crippen molar-refractivity contribution in [1.29, 1.82) is 0 Å². The highest BCUT2D eigenvalue weighted by molar-refractivity contribution is 5.99. The summed E-state index contributed by atoms with van der Waals surface area (Å²) < 4.78 is 5.60. The molecule has 0 saturated heterocycles. The first-order valence-electron chi connectivity index (χ1n) is 5.93. The van der Waals surface area contributed by atoms with Crippen LogP contribution in [0.4, 0.5) is 5.69 Å². The van der Waals surface area contributed by atoms with Gasteiger partial charge >= 0.3 is 0 Å². The number of para-hydroxylation sites is 2. The molecule has 5 nitrogen and oxygen atoms in total. The normalized spacial score (nSPS) is 18.0. The zero-order valence-corrected chi connectivity index (χ0v) is 10.5. The van der Waals surface area contributed by atoms with Crippen LogP contribution in [0.2, 0.25) is 0 Å². The Morgan fingerprint density at radius 3 is 2.89 bits per heavy atom. The minimum Gasteiger partial charge on any atom is -0.477 e. The zero-order valence-electron chi connectivity index (χ0n) is 10.5. The number of amides is 2. The molecule has 5 heteroatoms. The second kappa shape index (κ2) is 5.08. The van der Waals surface area contributed by atoms with E-state index in [0.29, 0.717) is 12.2 Å². The first-order valence-corrected chi connectivity index (χ1v) is 5.93. The lowest BCUT2D eigenvalue weighted by Gasteiger charge is -2.31. The Balaban J connectivity index is 2.12. The Bertz CT molecular complexity index is 473. The predicted octanol–water partition coefficient (Wildman–Crippen LogP) is 0.937. The van der Waals surface area contributed by atoms with E-state index in [2.05, 4.69) is 5.32 Å². The molecule has 1 aromatic rings. The number of fused-ring (bicyclic) bond motifs is 1. The molecule has 1 N–H and O–H groups in total. The average Bonchev–Trinajstić information content (AvgIpc) is 2.41. The van der Waals surface area contributed by atoms with E-state index in [9.17, 15) is 9.59 Å². The van der Waals surface area contributed by atoms with Crippen LogP contribution < -0.4 is 15.0 Å². The molecule has 0 fully saturated rings. The molecular weight excluding hydrogens is 232 g/mol. The largest absolute Gasteiger partial charge is 0.477 e. The number of nitrogens with zero attached hydrogens (tertiary/aromatic N) is 1. The van der Waals surface area contributed by atoms with Gasteiger partial charge in [0.05, 0.1) is 12.2 Å².